The Morgan fingerprint density at radius 2 is 2.11 bits per heavy atom. The number of rotatable bonds is 5. The summed E-state index contributed by atoms with van der Waals surface area (Å²) in [6, 6.07) is 5.42. The van der Waals surface area contributed by atoms with Crippen molar-refractivity contribution in [1.29, 1.82) is 0 Å². The Morgan fingerprint density at radius 3 is 2.85 bits per heavy atom. The minimum Gasteiger partial charge on any atom is -0.491 e. The number of amides is 2. The van der Waals surface area contributed by atoms with Crippen LogP contribution in [0.3, 0.4) is 0 Å². The van der Waals surface area contributed by atoms with Crippen molar-refractivity contribution in [3.63, 3.8) is 0 Å². The number of piperidine rings is 1. The van der Waals surface area contributed by atoms with Gasteiger partial charge in [0.25, 0.3) is 0 Å². The Morgan fingerprint density at radius 1 is 1.26 bits per heavy atom. The van der Waals surface area contributed by atoms with Gasteiger partial charge in [-0.2, -0.15) is 0 Å². The maximum absolute atomic E-state index is 12.3. The first-order chi connectivity index (χ1) is 13.0. The number of hydrogen-bond donors (Lipinski definition) is 2. The van der Waals surface area contributed by atoms with Gasteiger partial charge in [-0.25, -0.2) is 9.78 Å². The molecular weight excluding hydrogens is 342 g/mol. The summed E-state index contributed by atoms with van der Waals surface area (Å²) in [5, 5.41) is 5.55. The second-order valence-corrected chi connectivity index (χ2v) is 7.20. The van der Waals surface area contributed by atoms with Gasteiger partial charge < -0.3 is 15.0 Å². The largest absolute Gasteiger partial charge is 0.491 e. The van der Waals surface area contributed by atoms with Crippen LogP contribution in [0.4, 0.5) is 16.3 Å². The molecule has 1 atom stereocenters. The van der Waals surface area contributed by atoms with E-state index in [9.17, 15) is 4.79 Å². The molecule has 7 heteroatoms. The minimum absolute atomic E-state index is 0.374. The smallest absolute Gasteiger partial charge is 0.324 e. The van der Waals surface area contributed by atoms with E-state index < -0.39 is 0 Å². The Labute approximate surface area is 160 Å². The molecule has 2 N–H and O–H groups in total. The number of anilines is 2. The van der Waals surface area contributed by atoms with Crippen molar-refractivity contribution in [3.8, 4) is 5.75 Å². The molecule has 0 spiro atoms. The first-order valence-electron chi connectivity index (χ1n) is 9.28. The van der Waals surface area contributed by atoms with E-state index in [0.717, 1.165) is 24.3 Å². The van der Waals surface area contributed by atoms with E-state index in [2.05, 4.69) is 32.5 Å². The van der Waals surface area contributed by atoms with Crippen molar-refractivity contribution in [1.82, 2.24) is 14.9 Å². The van der Waals surface area contributed by atoms with Crippen molar-refractivity contribution in [2.24, 2.45) is 5.92 Å². The van der Waals surface area contributed by atoms with Crippen molar-refractivity contribution in [2.45, 2.75) is 26.7 Å². The summed E-state index contributed by atoms with van der Waals surface area (Å²) in [5.41, 5.74) is 2.49. The molecule has 1 aliphatic heterocycles. The Hall–Kier alpha value is -2.67. The van der Waals surface area contributed by atoms with Crippen molar-refractivity contribution >= 4 is 17.5 Å². The lowest BCUT2D eigenvalue weighted by molar-refractivity contribution is 0.151. The van der Waals surface area contributed by atoms with Gasteiger partial charge in [0.05, 0.1) is 30.4 Å². The molecule has 3 rings (SSSR count). The molecule has 0 saturated carbocycles. The lowest BCUT2D eigenvalue weighted by atomic mass is 9.99. The maximum atomic E-state index is 12.3. The van der Waals surface area contributed by atoms with Gasteiger partial charge in [-0.3, -0.25) is 10.3 Å². The highest BCUT2D eigenvalue weighted by molar-refractivity contribution is 6.00. The van der Waals surface area contributed by atoms with E-state index >= 15 is 0 Å². The average Bonchev–Trinajstić information content (AvgIpc) is 2.63. The highest BCUT2D eigenvalue weighted by atomic mass is 16.5. The number of aromatic nitrogens is 2. The number of nitrogens with one attached hydrogen (secondary N) is 2. The van der Waals surface area contributed by atoms with Crippen molar-refractivity contribution in [2.75, 3.05) is 37.4 Å². The summed E-state index contributed by atoms with van der Waals surface area (Å²) in [6.45, 7) is 6.66. The third-order valence-corrected chi connectivity index (χ3v) is 4.60. The maximum Gasteiger partial charge on any atom is 0.324 e. The molecule has 1 aliphatic rings. The fourth-order valence-electron chi connectivity index (χ4n) is 3.21. The number of ether oxygens (including phenoxy) is 1. The number of nitrogens with zero attached hydrogens (tertiary/aromatic N) is 3. The lowest BCUT2D eigenvalue weighted by Crippen LogP contribution is -2.34. The third-order valence-electron chi connectivity index (χ3n) is 4.60. The Balaban J connectivity index is 1.62. The van der Waals surface area contributed by atoms with Gasteiger partial charge in [-0.05, 0) is 58.0 Å². The molecule has 0 aliphatic carbocycles. The predicted octanol–water partition coefficient (Wildman–Crippen LogP) is 3.46. The summed E-state index contributed by atoms with van der Waals surface area (Å²) in [6.07, 6.45) is 5.51. The molecule has 1 aromatic heterocycles. The van der Waals surface area contributed by atoms with Crippen LogP contribution in [-0.2, 0) is 0 Å². The zero-order valence-electron chi connectivity index (χ0n) is 16.2. The van der Waals surface area contributed by atoms with Gasteiger partial charge in [0, 0.05) is 12.5 Å². The molecule has 0 radical (unpaired) electrons. The molecule has 2 heterocycles. The van der Waals surface area contributed by atoms with E-state index in [1.807, 2.05) is 32.0 Å². The SMILES string of the molecule is Cc1ccc(OC[C@@H]2CCCN(C)C2)c(NC(=O)Nc2cnc(C)cn2)c1. The lowest BCUT2D eigenvalue weighted by Gasteiger charge is -2.29. The number of carbonyl (C=O) groups excluding carboxylic acids is 1. The van der Waals surface area contributed by atoms with Gasteiger partial charge in [-0.1, -0.05) is 6.07 Å². The second kappa shape index (κ2) is 8.81. The van der Waals surface area contributed by atoms with Crippen LogP contribution in [0.25, 0.3) is 0 Å². The molecule has 0 unspecified atom stereocenters. The molecule has 1 aromatic carbocycles. The number of aryl methyl sites for hydroxylation is 2. The van der Waals surface area contributed by atoms with Crippen molar-refractivity contribution in [3.05, 3.63) is 41.9 Å². The van der Waals surface area contributed by atoms with E-state index in [1.54, 1.807) is 6.20 Å². The molecule has 144 valence electrons. The van der Waals surface area contributed by atoms with E-state index in [0.29, 0.717) is 29.8 Å². The standard InChI is InChI=1S/C20H27N5O2/c1-14-6-7-18(27-13-16-5-4-8-25(3)12-16)17(9-14)23-20(26)24-19-11-21-15(2)10-22-19/h6-7,9-11,16H,4-5,8,12-13H2,1-3H3,(H2,22,23,24,26)/t16-/m1/s1. The number of carbonyl (C=O) groups is 1. The van der Waals surface area contributed by atoms with Crippen LogP contribution in [0.1, 0.15) is 24.1 Å². The van der Waals surface area contributed by atoms with Crippen LogP contribution < -0.4 is 15.4 Å². The van der Waals surface area contributed by atoms with E-state index in [4.69, 9.17) is 4.74 Å². The molecule has 27 heavy (non-hydrogen) atoms. The number of hydrogen-bond acceptors (Lipinski definition) is 5. The Kier molecular flexibility index (Phi) is 6.24. The number of urea groups is 1. The minimum atomic E-state index is -0.374. The quantitative estimate of drug-likeness (QED) is 0.844. The van der Waals surface area contributed by atoms with E-state index in [-0.39, 0.29) is 6.03 Å². The first kappa shape index (κ1) is 19.1. The highest BCUT2D eigenvalue weighted by Crippen LogP contribution is 2.27. The van der Waals surface area contributed by atoms with Crippen LogP contribution in [0.15, 0.2) is 30.6 Å². The second-order valence-electron chi connectivity index (χ2n) is 7.20. The predicted molar refractivity (Wildman–Crippen MR) is 106 cm³/mol. The molecule has 1 saturated heterocycles. The zero-order chi connectivity index (χ0) is 19.2. The van der Waals surface area contributed by atoms with Gasteiger partial charge in [-0.15, -0.1) is 0 Å². The molecule has 2 amide bonds. The van der Waals surface area contributed by atoms with Crippen LogP contribution in [0, 0.1) is 19.8 Å². The fourth-order valence-corrected chi connectivity index (χ4v) is 3.21. The van der Waals surface area contributed by atoms with Gasteiger partial charge >= 0.3 is 6.03 Å². The van der Waals surface area contributed by atoms with Crippen molar-refractivity contribution < 1.29 is 9.53 Å². The van der Waals surface area contributed by atoms with Crippen LogP contribution >= 0.6 is 0 Å². The molecule has 1 fully saturated rings. The monoisotopic (exact) mass is 369 g/mol. The molecule has 7 nitrogen and oxygen atoms in total. The topological polar surface area (TPSA) is 79.4 Å². The summed E-state index contributed by atoms with van der Waals surface area (Å²) in [5.74, 6) is 1.59. The van der Waals surface area contributed by atoms with Gasteiger partial charge in [0.15, 0.2) is 5.82 Å². The highest BCUT2D eigenvalue weighted by Gasteiger charge is 2.18. The first-order valence-corrected chi connectivity index (χ1v) is 9.28. The van der Waals surface area contributed by atoms with Gasteiger partial charge in [0.2, 0.25) is 0 Å². The average molecular weight is 369 g/mol. The number of benzene rings is 1. The summed E-state index contributed by atoms with van der Waals surface area (Å²) in [7, 11) is 2.14. The molecular formula is C20H27N5O2. The summed E-state index contributed by atoms with van der Waals surface area (Å²) in [4.78, 5) is 22.9. The normalized spacial score (nSPS) is 17.4. The number of likely N-dealkylation sites (tertiary alicyclic amines) is 1. The zero-order valence-corrected chi connectivity index (χ0v) is 16.2. The molecule has 2 aromatic rings. The third kappa shape index (κ3) is 5.65. The summed E-state index contributed by atoms with van der Waals surface area (Å²) < 4.78 is 6.05. The van der Waals surface area contributed by atoms with Gasteiger partial charge in [0.1, 0.15) is 5.75 Å². The fraction of sp³-hybridized carbons (Fsp3) is 0.450. The molecule has 0 bridgehead atoms. The van der Waals surface area contributed by atoms with Crippen LogP contribution in [-0.4, -0.2) is 47.6 Å². The Bertz CT molecular complexity index is 778. The van der Waals surface area contributed by atoms with Crippen LogP contribution in [0.2, 0.25) is 0 Å². The summed E-state index contributed by atoms with van der Waals surface area (Å²) >= 11 is 0. The van der Waals surface area contributed by atoms with Crippen LogP contribution in [0.5, 0.6) is 5.75 Å². The van der Waals surface area contributed by atoms with E-state index in [1.165, 1.54) is 19.0 Å².